The van der Waals surface area contributed by atoms with Crippen LogP contribution in [0.15, 0.2) is 48.5 Å². The van der Waals surface area contributed by atoms with Gasteiger partial charge in [0, 0.05) is 5.92 Å². The molecule has 2 N–H and O–H groups in total. The van der Waals surface area contributed by atoms with Crippen molar-refractivity contribution in [2.24, 2.45) is 5.92 Å². The van der Waals surface area contributed by atoms with Gasteiger partial charge in [-0.2, -0.15) is 0 Å². The molecule has 2 aliphatic rings. The monoisotopic (exact) mass is 379 g/mol. The zero-order valence-electron chi connectivity index (χ0n) is 15.8. The standard InChI is InChI=1S/C23H25NO4/c25-22(26)21(13-12-15-6-5-7-15)24-23(27)28-14-20-18-10-3-1-8-16(18)17-9-2-4-11-19(17)20/h1-4,8-11,15,20-21H,5-7,12-14H2,(H,24,27)(H,25,26)/t21-/m0/s1. The average molecular weight is 379 g/mol. The van der Waals surface area contributed by atoms with Crippen LogP contribution in [0.25, 0.3) is 11.1 Å². The molecule has 0 aromatic heterocycles. The van der Waals surface area contributed by atoms with Gasteiger partial charge in [-0.15, -0.1) is 0 Å². The number of aliphatic carboxylic acids is 1. The highest BCUT2D eigenvalue weighted by Gasteiger charge is 2.30. The normalized spacial score (nSPS) is 16.6. The number of alkyl carbamates (subject to hydrolysis) is 1. The highest BCUT2D eigenvalue weighted by Crippen LogP contribution is 2.44. The highest BCUT2D eigenvalue weighted by atomic mass is 16.5. The zero-order valence-corrected chi connectivity index (χ0v) is 15.8. The maximum atomic E-state index is 12.3. The summed E-state index contributed by atoms with van der Waals surface area (Å²) in [5.41, 5.74) is 4.60. The van der Waals surface area contributed by atoms with Gasteiger partial charge in [0.2, 0.25) is 0 Å². The fourth-order valence-electron chi connectivity index (χ4n) is 4.22. The van der Waals surface area contributed by atoms with Gasteiger partial charge >= 0.3 is 12.1 Å². The van der Waals surface area contributed by atoms with E-state index < -0.39 is 18.1 Å². The van der Waals surface area contributed by atoms with Gasteiger partial charge in [-0.1, -0.05) is 67.8 Å². The second kappa shape index (κ2) is 8.05. The smallest absolute Gasteiger partial charge is 0.407 e. The van der Waals surface area contributed by atoms with Gasteiger partial charge in [-0.05, 0) is 41.0 Å². The SMILES string of the molecule is O=C(N[C@@H](CCC1CCC1)C(=O)O)OCC1c2ccccc2-c2ccccc21. The summed E-state index contributed by atoms with van der Waals surface area (Å²) in [5, 5.41) is 11.9. The van der Waals surface area contributed by atoms with Crippen molar-refractivity contribution >= 4 is 12.1 Å². The number of hydrogen-bond acceptors (Lipinski definition) is 3. The summed E-state index contributed by atoms with van der Waals surface area (Å²) in [7, 11) is 0. The van der Waals surface area contributed by atoms with Crippen molar-refractivity contribution in [3.63, 3.8) is 0 Å². The first-order valence-corrected chi connectivity index (χ1v) is 9.98. The summed E-state index contributed by atoms with van der Waals surface area (Å²) in [5.74, 6) is -0.435. The molecule has 2 aliphatic carbocycles. The molecule has 0 heterocycles. The minimum Gasteiger partial charge on any atom is -0.480 e. The van der Waals surface area contributed by atoms with Crippen LogP contribution in [0.4, 0.5) is 4.79 Å². The molecule has 1 atom stereocenters. The summed E-state index contributed by atoms with van der Waals surface area (Å²) in [6, 6.07) is 15.4. The van der Waals surface area contributed by atoms with Crippen molar-refractivity contribution in [3.8, 4) is 11.1 Å². The van der Waals surface area contributed by atoms with Crippen molar-refractivity contribution in [2.45, 2.75) is 44.1 Å². The second-order valence-electron chi connectivity index (χ2n) is 7.73. The van der Waals surface area contributed by atoms with Gasteiger partial charge in [0.15, 0.2) is 0 Å². The molecule has 5 heteroatoms. The average Bonchev–Trinajstić information content (AvgIpc) is 2.98. The molecule has 146 valence electrons. The van der Waals surface area contributed by atoms with Gasteiger partial charge in [0.05, 0.1) is 0 Å². The van der Waals surface area contributed by atoms with Crippen molar-refractivity contribution in [1.82, 2.24) is 5.32 Å². The molecule has 2 aromatic rings. The summed E-state index contributed by atoms with van der Waals surface area (Å²) in [4.78, 5) is 23.7. The van der Waals surface area contributed by atoms with Crippen LogP contribution in [0.2, 0.25) is 0 Å². The Labute approximate surface area is 164 Å². The lowest BCUT2D eigenvalue weighted by Crippen LogP contribution is -2.41. The molecule has 0 bridgehead atoms. The molecule has 1 fully saturated rings. The number of fused-ring (bicyclic) bond motifs is 3. The topological polar surface area (TPSA) is 75.6 Å². The van der Waals surface area contributed by atoms with Gasteiger partial charge in [0.25, 0.3) is 0 Å². The third-order valence-electron chi connectivity index (χ3n) is 6.02. The van der Waals surface area contributed by atoms with Crippen LogP contribution in [-0.4, -0.2) is 29.8 Å². The number of carboxylic acid groups (broad SMARTS) is 1. The summed E-state index contributed by atoms with van der Waals surface area (Å²) in [6.07, 6.45) is 4.17. The van der Waals surface area contributed by atoms with E-state index in [1.807, 2.05) is 24.3 Å². The van der Waals surface area contributed by atoms with E-state index in [2.05, 4.69) is 29.6 Å². The molecular formula is C23H25NO4. The van der Waals surface area contributed by atoms with E-state index in [4.69, 9.17) is 4.74 Å². The Kier molecular flexibility index (Phi) is 5.33. The number of benzene rings is 2. The molecule has 28 heavy (non-hydrogen) atoms. The molecule has 1 saturated carbocycles. The fourth-order valence-corrected chi connectivity index (χ4v) is 4.22. The Hall–Kier alpha value is -2.82. The molecule has 0 saturated heterocycles. The maximum absolute atomic E-state index is 12.3. The van der Waals surface area contributed by atoms with Crippen molar-refractivity contribution in [1.29, 1.82) is 0 Å². The third-order valence-corrected chi connectivity index (χ3v) is 6.02. The number of carboxylic acids is 1. The van der Waals surface area contributed by atoms with E-state index in [0.29, 0.717) is 12.3 Å². The van der Waals surface area contributed by atoms with Crippen LogP contribution in [0.5, 0.6) is 0 Å². The lowest BCUT2D eigenvalue weighted by molar-refractivity contribution is -0.139. The number of hydrogen-bond donors (Lipinski definition) is 2. The highest BCUT2D eigenvalue weighted by molar-refractivity contribution is 5.81. The Morgan fingerprint density at radius 1 is 1.04 bits per heavy atom. The Morgan fingerprint density at radius 2 is 1.64 bits per heavy atom. The number of carbonyl (C=O) groups is 2. The van der Waals surface area contributed by atoms with Crippen molar-refractivity contribution in [3.05, 3.63) is 59.7 Å². The summed E-state index contributed by atoms with van der Waals surface area (Å²) in [6.45, 7) is 0.189. The molecule has 0 spiro atoms. The number of carbonyl (C=O) groups excluding carboxylic acids is 1. The lowest BCUT2D eigenvalue weighted by Gasteiger charge is -2.26. The second-order valence-corrected chi connectivity index (χ2v) is 7.73. The first kappa shape index (κ1) is 18.5. The van der Waals surface area contributed by atoms with Gasteiger partial charge < -0.3 is 15.2 Å². The van der Waals surface area contributed by atoms with Crippen molar-refractivity contribution in [2.75, 3.05) is 6.61 Å². The minimum atomic E-state index is -1.01. The first-order valence-electron chi connectivity index (χ1n) is 9.98. The maximum Gasteiger partial charge on any atom is 0.407 e. The summed E-state index contributed by atoms with van der Waals surface area (Å²) >= 11 is 0. The van der Waals surface area contributed by atoms with Crippen LogP contribution in [-0.2, 0) is 9.53 Å². The van der Waals surface area contributed by atoms with Gasteiger partial charge in [-0.3, -0.25) is 0 Å². The minimum absolute atomic E-state index is 0.0311. The van der Waals surface area contributed by atoms with Crippen LogP contribution in [0, 0.1) is 5.92 Å². The molecule has 5 nitrogen and oxygen atoms in total. The van der Waals surface area contributed by atoms with E-state index in [9.17, 15) is 14.7 Å². The Bertz CT molecular complexity index is 829. The number of ether oxygens (including phenoxy) is 1. The van der Waals surface area contributed by atoms with E-state index >= 15 is 0 Å². The molecular weight excluding hydrogens is 354 g/mol. The molecule has 0 aliphatic heterocycles. The first-order chi connectivity index (χ1) is 13.6. The molecule has 1 amide bonds. The van der Waals surface area contributed by atoms with Crippen LogP contribution in [0.1, 0.15) is 49.1 Å². The predicted octanol–water partition coefficient (Wildman–Crippen LogP) is 4.56. The zero-order chi connectivity index (χ0) is 19.5. The van der Waals surface area contributed by atoms with E-state index in [0.717, 1.165) is 41.5 Å². The molecule has 0 unspecified atom stereocenters. The van der Waals surface area contributed by atoms with Gasteiger partial charge in [0.1, 0.15) is 12.6 Å². The third kappa shape index (κ3) is 3.75. The number of amides is 1. The van der Waals surface area contributed by atoms with Crippen LogP contribution < -0.4 is 5.32 Å². The quantitative estimate of drug-likeness (QED) is 0.739. The number of nitrogens with one attached hydrogen (secondary N) is 1. The predicted molar refractivity (Wildman–Crippen MR) is 106 cm³/mol. The number of rotatable bonds is 7. The Morgan fingerprint density at radius 3 is 2.18 bits per heavy atom. The largest absolute Gasteiger partial charge is 0.480 e. The van der Waals surface area contributed by atoms with Crippen LogP contribution in [0.3, 0.4) is 0 Å². The summed E-state index contributed by atoms with van der Waals surface area (Å²) < 4.78 is 5.45. The van der Waals surface area contributed by atoms with Crippen molar-refractivity contribution < 1.29 is 19.4 Å². The van der Waals surface area contributed by atoms with E-state index in [1.165, 1.54) is 6.42 Å². The molecule has 4 rings (SSSR count). The van der Waals surface area contributed by atoms with Gasteiger partial charge in [-0.25, -0.2) is 9.59 Å². The van der Waals surface area contributed by atoms with E-state index in [1.54, 1.807) is 0 Å². The molecule has 2 aromatic carbocycles. The van der Waals surface area contributed by atoms with Crippen LogP contribution >= 0.6 is 0 Å². The molecule has 0 radical (unpaired) electrons. The van der Waals surface area contributed by atoms with E-state index in [-0.39, 0.29) is 12.5 Å². The Balaban J connectivity index is 1.38. The lowest BCUT2D eigenvalue weighted by atomic mass is 9.81. The fraction of sp³-hybridized carbons (Fsp3) is 0.391.